The Morgan fingerprint density at radius 1 is 1.25 bits per heavy atom. The number of benzene rings is 1. The Balaban J connectivity index is 0.00000110. The molecular formula is C17H29NO2. The quantitative estimate of drug-likeness (QED) is 0.822. The molecule has 0 radical (unpaired) electrons. The van der Waals surface area contributed by atoms with Gasteiger partial charge in [0, 0.05) is 26.3 Å². The lowest BCUT2D eigenvalue weighted by Gasteiger charge is -2.17. The van der Waals surface area contributed by atoms with Crippen LogP contribution in [-0.2, 0) is 11.2 Å². The molecule has 1 aromatic carbocycles. The van der Waals surface area contributed by atoms with Crippen molar-refractivity contribution in [1.82, 2.24) is 4.90 Å². The highest BCUT2D eigenvalue weighted by Gasteiger charge is 2.11. The maximum absolute atomic E-state index is 12.1. The smallest absolute Gasteiger partial charge is 0.253 e. The first-order chi connectivity index (χ1) is 9.51. The zero-order valence-corrected chi connectivity index (χ0v) is 13.8. The van der Waals surface area contributed by atoms with Gasteiger partial charge in [-0.1, -0.05) is 33.3 Å². The number of hydrogen-bond acceptors (Lipinski definition) is 2. The van der Waals surface area contributed by atoms with Crippen molar-refractivity contribution in [2.75, 3.05) is 27.3 Å². The molecule has 0 saturated heterocycles. The standard InChI is InChI=1S/C14H21NO2.C3H8/c1-5-12-6-7-13(10-11(12)2)14(16)15(3)8-9-17-4;1-3-2/h6-7,10H,5,8-9H2,1-4H3;3H2,1-2H3. The summed E-state index contributed by atoms with van der Waals surface area (Å²) in [6.07, 6.45) is 2.25. The third-order valence-corrected chi connectivity index (χ3v) is 2.95. The molecule has 20 heavy (non-hydrogen) atoms. The van der Waals surface area contributed by atoms with Gasteiger partial charge in [-0.2, -0.15) is 0 Å². The van der Waals surface area contributed by atoms with Gasteiger partial charge in [0.2, 0.25) is 0 Å². The number of rotatable bonds is 5. The molecule has 0 aromatic heterocycles. The Morgan fingerprint density at radius 2 is 1.85 bits per heavy atom. The summed E-state index contributed by atoms with van der Waals surface area (Å²) in [6.45, 7) is 9.59. The Hall–Kier alpha value is -1.35. The van der Waals surface area contributed by atoms with E-state index in [0.717, 1.165) is 12.0 Å². The van der Waals surface area contributed by atoms with Crippen molar-refractivity contribution in [1.29, 1.82) is 0 Å². The summed E-state index contributed by atoms with van der Waals surface area (Å²) in [4.78, 5) is 13.8. The van der Waals surface area contributed by atoms with Crippen molar-refractivity contribution in [2.45, 2.75) is 40.5 Å². The molecule has 0 spiro atoms. The Kier molecular flexibility index (Phi) is 9.73. The number of ether oxygens (including phenoxy) is 1. The van der Waals surface area contributed by atoms with Gasteiger partial charge in [0.15, 0.2) is 0 Å². The Labute approximate surface area is 123 Å². The molecule has 0 saturated carbocycles. The second kappa shape index (κ2) is 10.4. The fraction of sp³-hybridized carbons (Fsp3) is 0.588. The van der Waals surface area contributed by atoms with E-state index in [1.54, 1.807) is 19.1 Å². The molecule has 3 heteroatoms. The maximum atomic E-state index is 12.1. The predicted molar refractivity (Wildman–Crippen MR) is 85.4 cm³/mol. The largest absolute Gasteiger partial charge is 0.383 e. The van der Waals surface area contributed by atoms with Crippen LogP contribution < -0.4 is 0 Å². The fourth-order valence-corrected chi connectivity index (χ4v) is 1.78. The van der Waals surface area contributed by atoms with Gasteiger partial charge in [0.1, 0.15) is 0 Å². The fourth-order valence-electron chi connectivity index (χ4n) is 1.78. The Morgan fingerprint density at radius 3 is 2.30 bits per heavy atom. The summed E-state index contributed by atoms with van der Waals surface area (Å²) in [5, 5.41) is 0. The minimum Gasteiger partial charge on any atom is -0.383 e. The van der Waals surface area contributed by atoms with Crippen molar-refractivity contribution in [3.63, 3.8) is 0 Å². The predicted octanol–water partition coefficient (Wildman–Crippen LogP) is 3.69. The molecule has 1 aromatic rings. The van der Waals surface area contributed by atoms with Crippen molar-refractivity contribution in [2.24, 2.45) is 0 Å². The number of nitrogens with zero attached hydrogens (tertiary/aromatic N) is 1. The lowest BCUT2D eigenvalue weighted by Crippen LogP contribution is -2.30. The van der Waals surface area contributed by atoms with Crippen LogP contribution in [0.4, 0.5) is 0 Å². The zero-order valence-electron chi connectivity index (χ0n) is 13.8. The lowest BCUT2D eigenvalue weighted by atomic mass is 10.0. The summed E-state index contributed by atoms with van der Waals surface area (Å²) < 4.78 is 4.96. The minimum atomic E-state index is 0.0489. The van der Waals surface area contributed by atoms with Gasteiger partial charge in [-0.3, -0.25) is 4.79 Å². The topological polar surface area (TPSA) is 29.5 Å². The summed E-state index contributed by atoms with van der Waals surface area (Å²) in [6, 6.07) is 5.90. The number of hydrogen-bond donors (Lipinski definition) is 0. The van der Waals surface area contributed by atoms with Crippen molar-refractivity contribution in [3.8, 4) is 0 Å². The van der Waals surface area contributed by atoms with Crippen LogP contribution in [0.1, 0.15) is 48.7 Å². The molecule has 1 amide bonds. The van der Waals surface area contributed by atoms with Crippen LogP contribution in [0.15, 0.2) is 18.2 Å². The number of carbonyl (C=O) groups is 1. The van der Waals surface area contributed by atoms with Gasteiger partial charge >= 0.3 is 0 Å². The normalized spacial score (nSPS) is 9.70. The molecule has 0 heterocycles. The molecule has 0 N–H and O–H groups in total. The van der Waals surface area contributed by atoms with E-state index in [9.17, 15) is 4.79 Å². The first kappa shape index (κ1) is 18.7. The molecule has 0 atom stereocenters. The van der Waals surface area contributed by atoms with Crippen LogP contribution in [0, 0.1) is 6.92 Å². The number of amides is 1. The van der Waals surface area contributed by atoms with E-state index in [1.807, 2.05) is 25.1 Å². The molecular weight excluding hydrogens is 250 g/mol. The van der Waals surface area contributed by atoms with E-state index in [2.05, 4.69) is 20.8 Å². The van der Waals surface area contributed by atoms with E-state index >= 15 is 0 Å². The van der Waals surface area contributed by atoms with Crippen molar-refractivity contribution in [3.05, 3.63) is 34.9 Å². The van der Waals surface area contributed by atoms with Crippen LogP contribution in [0.2, 0.25) is 0 Å². The molecule has 1 rings (SSSR count). The average Bonchev–Trinajstić information content (AvgIpc) is 2.44. The van der Waals surface area contributed by atoms with Gasteiger partial charge in [-0.15, -0.1) is 0 Å². The molecule has 0 bridgehead atoms. The average molecular weight is 279 g/mol. The summed E-state index contributed by atoms with van der Waals surface area (Å²) in [7, 11) is 3.43. The molecule has 0 unspecified atom stereocenters. The first-order valence-corrected chi connectivity index (χ1v) is 7.35. The van der Waals surface area contributed by atoms with Crippen LogP contribution >= 0.6 is 0 Å². The minimum absolute atomic E-state index is 0.0489. The highest BCUT2D eigenvalue weighted by atomic mass is 16.5. The number of likely N-dealkylation sites (N-methyl/N-ethyl adjacent to an activating group) is 1. The van der Waals surface area contributed by atoms with Crippen molar-refractivity contribution >= 4 is 5.91 Å². The molecule has 0 aliphatic rings. The SMILES string of the molecule is CCC.CCc1ccc(C(=O)N(C)CCOC)cc1C. The van der Waals surface area contributed by atoms with Gasteiger partial charge in [-0.25, -0.2) is 0 Å². The summed E-state index contributed by atoms with van der Waals surface area (Å²) >= 11 is 0. The van der Waals surface area contributed by atoms with Crippen molar-refractivity contribution < 1.29 is 9.53 Å². The van der Waals surface area contributed by atoms with Crippen LogP contribution in [0.25, 0.3) is 0 Å². The number of aryl methyl sites for hydroxylation is 2. The van der Waals surface area contributed by atoms with Gasteiger partial charge in [0.25, 0.3) is 5.91 Å². The Bertz CT molecular complexity index is 402. The molecule has 0 aliphatic carbocycles. The third-order valence-electron chi connectivity index (χ3n) is 2.95. The summed E-state index contributed by atoms with van der Waals surface area (Å²) in [5.74, 6) is 0.0489. The van der Waals surface area contributed by atoms with Gasteiger partial charge in [-0.05, 0) is 36.6 Å². The van der Waals surface area contributed by atoms with Gasteiger partial charge < -0.3 is 9.64 Å². The zero-order chi connectivity index (χ0) is 15.5. The molecule has 114 valence electrons. The van der Waals surface area contributed by atoms with Crippen LogP contribution in [0.3, 0.4) is 0 Å². The molecule has 0 aliphatic heterocycles. The van der Waals surface area contributed by atoms with E-state index in [4.69, 9.17) is 4.74 Å². The van der Waals surface area contributed by atoms with Gasteiger partial charge in [0.05, 0.1) is 6.61 Å². The van der Waals surface area contributed by atoms with E-state index in [-0.39, 0.29) is 5.91 Å². The second-order valence-corrected chi connectivity index (χ2v) is 4.92. The third kappa shape index (κ3) is 6.20. The second-order valence-electron chi connectivity index (χ2n) is 4.92. The highest BCUT2D eigenvalue weighted by molar-refractivity contribution is 5.94. The molecule has 0 fully saturated rings. The van der Waals surface area contributed by atoms with E-state index < -0.39 is 0 Å². The first-order valence-electron chi connectivity index (χ1n) is 7.35. The van der Waals surface area contributed by atoms with Crippen LogP contribution in [-0.4, -0.2) is 38.1 Å². The van der Waals surface area contributed by atoms with E-state index in [0.29, 0.717) is 13.2 Å². The number of methoxy groups -OCH3 is 1. The van der Waals surface area contributed by atoms with Crippen LogP contribution in [0.5, 0.6) is 0 Å². The highest BCUT2D eigenvalue weighted by Crippen LogP contribution is 2.13. The number of carbonyl (C=O) groups excluding carboxylic acids is 1. The van der Waals surface area contributed by atoms with E-state index in [1.165, 1.54) is 17.5 Å². The lowest BCUT2D eigenvalue weighted by molar-refractivity contribution is 0.0744. The monoisotopic (exact) mass is 279 g/mol. The molecule has 3 nitrogen and oxygen atoms in total. The summed E-state index contributed by atoms with van der Waals surface area (Å²) in [5.41, 5.74) is 3.22. The maximum Gasteiger partial charge on any atom is 0.253 e.